The largest absolute Gasteiger partial charge is 0.486 e. The van der Waals surface area contributed by atoms with Gasteiger partial charge in [-0.2, -0.15) is 8.78 Å². The molecule has 0 aliphatic carbocycles. The monoisotopic (exact) mass is 399 g/mol. The number of anilines is 1. The van der Waals surface area contributed by atoms with Gasteiger partial charge in [0.15, 0.2) is 11.5 Å². The number of carbonyl (C=O) groups is 1. The average Bonchev–Trinajstić information content (AvgIpc) is 2.55. The molecule has 0 bridgehead atoms. The summed E-state index contributed by atoms with van der Waals surface area (Å²) in [7, 11) is 0. The Bertz CT molecular complexity index is 770. The van der Waals surface area contributed by atoms with Crippen LogP contribution in [0.2, 0.25) is 0 Å². The van der Waals surface area contributed by atoms with Crippen molar-refractivity contribution in [3.05, 3.63) is 46.4 Å². The number of alkyl halides is 2. The summed E-state index contributed by atoms with van der Waals surface area (Å²) in [6, 6.07) is 8.89. The molecule has 0 aromatic heterocycles. The second kappa shape index (κ2) is 7.04. The Hall–Kier alpha value is -2.35. The van der Waals surface area contributed by atoms with E-state index >= 15 is 0 Å². The lowest BCUT2D eigenvalue weighted by Gasteiger charge is -2.20. The first-order valence-corrected chi connectivity index (χ1v) is 7.77. The van der Waals surface area contributed by atoms with Crippen LogP contribution in [0.15, 0.2) is 40.9 Å². The number of hydrogen-bond donors (Lipinski definition) is 1. The smallest absolute Gasteiger partial charge is 0.387 e. The number of carbonyl (C=O) groups excluding carboxylic acids is 1. The number of ether oxygens (including phenoxy) is 3. The first-order valence-electron chi connectivity index (χ1n) is 6.98. The number of nitrogens with one attached hydrogen (secondary N) is 1. The van der Waals surface area contributed by atoms with Gasteiger partial charge in [-0.3, -0.25) is 4.79 Å². The SMILES string of the molecule is O=C(Nc1cc2c(cc1Br)OCCO2)c1cccc(OC(F)F)c1. The van der Waals surface area contributed by atoms with Crippen molar-refractivity contribution in [3.63, 3.8) is 0 Å². The van der Waals surface area contributed by atoms with E-state index in [1.54, 1.807) is 12.1 Å². The van der Waals surface area contributed by atoms with Gasteiger partial charge < -0.3 is 19.5 Å². The van der Waals surface area contributed by atoms with Gasteiger partial charge in [0.1, 0.15) is 19.0 Å². The number of halogens is 3. The van der Waals surface area contributed by atoms with Crippen LogP contribution in [0.5, 0.6) is 17.2 Å². The Labute approximate surface area is 144 Å². The van der Waals surface area contributed by atoms with Crippen molar-refractivity contribution in [1.82, 2.24) is 0 Å². The second-order valence-corrected chi connectivity index (χ2v) is 5.69. The molecule has 2 aromatic carbocycles. The highest BCUT2D eigenvalue weighted by atomic mass is 79.9. The number of rotatable bonds is 4. The molecular weight excluding hydrogens is 388 g/mol. The Balaban J connectivity index is 1.80. The third-order valence-corrected chi connectivity index (χ3v) is 3.86. The molecule has 1 aliphatic heterocycles. The highest BCUT2D eigenvalue weighted by Crippen LogP contribution is 2.38. The minimum Gasteiger partial charge on any atom is -0.486 e. The minimum absolute atomic E-state index is 0.0844. The molecule has 126 valence electrons. The van der Waals surface area contributed by atoms with Crippen molar-refractivity contribution in [2.45, 2.75) is 6.61 Å². The molecule has 0 unspecified atom stereocenters. The summed E-state index contributed by atoms with van der Waals surface area (Å²) in [4.78, 5) is 12.3. The maximum atomic E-state index is 12.3. The summed E-state index contributed by atoms with van der Waals surface area (Å²) in [5.41, 5.74) is 0.666. The minimum atomic E-state index is -2.95. The van der Waals surface area contributed by atoms with E-state index in [2.05, 4.69) is 26.0 Å². The molecule has 1 N–H and O–H groups in total. The molecule has 0 saturated heterocycles. The molecule has 3 rings (SSSR count). The highest BCUT2D eigenvalue weighted by molar-refractivity contribution is 9.10. The lowest BCUT2D eigenvalue weighted by atomic mass is 10.2. The van der Waals surface area contributed by atoms with Crippen molar-refractivity contribution in [2.24, 2.45) is 0 Å². The zero-order chi connectivity index (χ0) is 17.1. The van der Waals surface area contributed by atoms with E-state index in [4.69, 9.17) is 9.47 Å². The summed E-state index contributed by atoms with van der Waals surface area (Å²) in [5, 5.41) is 2.69. The van der Waals surface area contributed by atoms with Crippen LogP contribution in [0.25, 0.3) is 0 Å². The Morgan fingerprint density at radius 1 is 1.17 bits per heavy atom. The summed E-state index contributed by atoms with van der Waals surface area (Å²) >= 11 is 3.35. The molecule has 1 amide bonds. The van der Waals surface area contributed by atoms with E-state index in [1.807, 2.05) is 0 Å². The Morgan fingerprint density at radius 2 is 1.88 bits per heavy atom. The fraction of sp³-hybridized carbons (Fsp3) is 0.188. The van der Waals surface area contributed by atoms with Crippen LogP contribution in [0.1, 0.15) is 10.4 Å². The quantitative estimate of drug-likeness (QED) is 0.841. The van der Waals surface area contributed by atoms with E-state index in [0.29, 0.717) is 34.9 Å². The van der Waals surface area contributed by atoms with Gasteiger partial charge in [-0.15, -0.1) is 0 Å². The zero-order valence-corrected chi connectivity index (χ0v) is 13.8. The lowest BCUT2D eigenvalue weighted by Crippen LogP contribution is -2.17. The Morgan fingerprint density at radius 3 is 2.58 bits per heavy atom. The van der Waals surface area contributed by atoms with Gasteiger partial charge in [-0.25, -0.2) is 0 Å². The maximum Gasteiger partial charge on any atom is 0.387 e. The van der Waals surface area contributed by atoms with Gasteiger partial charge in [0.25, 0.3) is 5.91 Å². The number of hydrogen-bond acceptors (Lipinski definition) is 4. The van der Waals surface area contributed by atoms with Gasteiger partial charge >= 0.3 is 6.61 Å². The molecule has 0 saturated carbocycles. The zero-order valence-electron chi connectivity index (χ0n) is 12.2. The van der Waals surface area contributed by atoms with E-state index in [0.717, 1.165) is 0 Å². The molecule has 0 fully saturated rings. The Kier molecular flexibility index (Phi) is 4.84. The normalized spacial score (nSPS) is 12.8. The molecule has 5 nitrogen and oxygen atoms in total. The van der Waals surface area contributed by atoms with Gasteiger partial charge in [-0.05, 0) is 34.1 Å². The molecule has 8 heteroatoms. The summed E-state index contributed by atoms with van der Waals surface area (Å²) in [5.74, 6) is 0.555. The van der Waals surface area contributed by atoms with Gasteiger partial charge in [0.2, 0.25) is 0 Å². The number of fused-ring (bicyclic) bond motifs is 1. The van der Waals surface area contributed by atoms with E-state index < -0.39 is 12.5 Å². The van der Waals surface area contributed by atoms with Crippen LogP contribution in [0.3, 0.4) is 0 Å². The molecule has 0 spiro atoms. The number of benzene rings is 2. The summed E-state index contributed by atoms with van der Waals surface area (Å²) in [6.07, 6.45) is 0. The van der Waals surface area contributed by atoms with Crippen LogP contribution < -0.4 is 19.5 Å². The van der Waals surface area contributed by atoms with E-state index in [9.17, 15) is 13.6 Å². The predicted octanol–water partition coefficient (Wildman–Crippen LogP) is 4.07. The van der Waals surface area contributed by atoms with Crippen molar-refractivity contribution in [1.29, 1.82) is 0 Å². The van der Waals surface area contributed by atoms with E-state index in [-0.39, 0.29) is 11.3 Å². The van der Waals surface area contributed by atoms with Crippen LogP contribution in [0.4, 0.5) is 14.5 Å². The molecule has 1 heterocycles. The third kappa shape index (κ3) is 3.76. The van der Waals surface area contributed by atoms with Crippen LogP contribution in [0, 0.1) is 0 Å². The number of amides is 1. The first-order chi connectivity index (χ1) is 11.5. The lowest BCUT2D eigenvalue weighted by molar-refractivity contribution is -0.0498. The topological polar surface area (TPSA) is 56.8 Å². The summed E-state index contributed by atoms with van der Waals surface area (Å²) < 4.78 is 40.3. The van der Waals surface area contributed by atoms with Crippen LogP contribution >= 0.6 is 15.9 Å². The fourth-order valence-corrected chi connectivity index (χ4v) is 2.59. The second-order valence-electron chi connectivity index (χ2n) is 4.84. The fourth-order valence-electron chi connectivity index (χ4n) is 2.17. The van der Waals surface area contributed by atoms with Gasteiger partial charge in [0, 0.05) is 22.2 Å². The predicted molar refractivity (Wildman–Crippen MR) is 86.2 cm³/mol. The van der Waals surface area contributed by atoms with E-state index in [1.165, 1.54) is 24.3 Å². The highest BCUT2D eigenvalue weighted by Gasteiger charge is 2.17. The van der Waals surface area contributed by atoms with Crippen molar-refractivity contribution < 1.29 is 27.8 Å². The van der Waals surface area contributed by atoms with Crippen molar-refractivity contribution in [2.75, 3.05) is 18.5 Å². The molecule has 24 heavy (non-hydrogen) atoms. The van der Waals surface area contributed by atoms with Gasteiger partial charge in [0.05, 0.1) is 5.69 Å². The standard InChI is InChI=1S/C16H12BrF2NO4/c17-11-7-13-14(23-5-4-22-13)8-12(11)20-15(21)9-2-1-3-10(6-9)24-16(18)19/h1-3,6-8,16H,4-5H2,(H,20,21). The molecule has 2 aromatic rings. The molecular formula is C16H12BrF2NO4. The van der Waals surface area contributed by atoms with Crippen LogP contribution in [-0.2, 0) is 0 Å². The molecule has 1 aliphatic rings. The average molecular weight is 400 g/mol. The maximum absolute atomic E-state index is 12.3. The molecule has 0 radical (unpaired) electrons. The van der Waals surface area contributed by atoms with Crippen molar-refractivity contribution in [3.8, 4) is 17.2 Å². The van der Waals surface area contributed by atoms with Gasteiger partial charge in [-0.1, -0.05) is 6.07 Å². The molecule has 0 atom stereocenters. The van der Waals surface area contributed by atoms with Crippen molar-refractivity contribution >= 4 is 27.5 Å². The summed E-state index contributed by atoms with van der Waals surface area (Å²) in [6.45, 7) is -2.06. The first kappa shape index (κ1) is 16.5. The third-order valence-electron chi connectivity index (χ3n) is 3.20. The van der Waals surface area contributed by atoms with Crippen LogP contribution in [-0.4, -0.2) is 25.7 Å².